The van der Waals surface area contributed by atoms with Crippen LogP contribution in [0.15, 0.2) is 59.2 Å². The van der Waals surface area contributed by atoms with E-state index >= 15 is 0 Å². The van der Waals surface area contributed by atoms with E-state index in [0.29, 0.717) is 6.54 Å². The Kier molecular flexibility index (Phi) is 4.27. The number of hydrogen-bond donors (Lipinski definition) is 1. The molecule has 0 aliphatic carbocycles. The summed E-state index contributed by atoms with van der Waals surface area (Å²) in [7, 11) is 0. The van der Waals surface area contributed by atoms with Gasteiger partial charge in [0.25, 0.3) is 0 Å². The lowest BCUT2D eigenvalue weighted by molar-refractivity contribution is 0.566. The topological polar surface area (TPSA) is 37.8 Å². The van der Waals surface area contributed by atoms with E-state index in [0.717, 1.165) is 21.2 Å². The largest absolute Gasteiger partial charge is 0.304 e. The average molecular weight is 342 g/mol. The Labute approximate surface area is 132 Å². The van der Waals surface area contributed by atoms with Crippen LogP contribution in [0.3, 0.4) is 0 Å². The van der Waals surface area contributed by atoms with Gasteiger partial charge in [-0.25, -0.2) is 4.98 Å². The fourth-order valence-electron chi connectivity index (χ4n) is 2.27. The van der Waals surface area contributed by atoms with Gasteiger partial charge in [0.15, 0.2) is 0 Å². The van der Waals surface area contributed by atoms with Gasteiger partial charge in [0.05, 0.1) is 22.9 Å². The standard InChI is InChI=1S/C17H16BrN3/c1-12(14-6-2-3-7-15(14)18)19-10-13-11-20-16-8-4-5-9-17(16)21-13/h2-9,11-12,19H,10H2,1H3. The maximum Gasteiger partial charge on any atom is 0.0890 e. The molecule has 0 aliphatic heterocycles. The quantitative estimate of drug-likeness (QED) is 0.771. The lowest BCUT2D eigenvalue weighted by Gasteiger charge is -2.15. The van der Waals surface area contributed by atoms with E-state index in [-0.39, 0.29) is 6.04 Å². The van der Waals surface area contributed by atoms with E-state index in [1.807, 2.05) is 42.6 Å². The molecule has 0 fully saturated rings. The molecule has 0 spiro atoms. The van der Waals surface area contributed by atoms with Crippen LogP contribution in [0.5, 0.6) is 0 Å². The van der Waals surface area contributed by atoms with Crippen molar-refractivity contribution in [2.75, 3.05) is 0 Å². The minimum absolute atomic E-state index is 0.244. The third-order valence-electron chi connectivity index (χ3n) is 3.46. The first-order valence-electron chi connectivity index (χ1n) is 6.92. The van der Waals surface area contributed by atoms with Crippen LogP contribution in [0.25, 0.3) is 11.0 Å². The van der Waals surface area contributed by atoms with Crippen molar-refractivity contribution in [1.29, 1.82) is 0 Å². The van der Waals surface area contributed by atoms with Crippen LogP contribution in [-0.2, 0) is 6.54 Å². The third kappa shape index (κ3) is 3.28. The summed E-state index contributed by atoms with van der Waals surface area (Å²) in [5, 5.41) is 3.49. The van der Waals surface area contributed by atoms with Gasteiger partial charge in [-0.15, -0.1) is 0 Å². The van der Waals surface area contributed by atoms with E-state index in [2.05, 4.69) is 50.3 Å². The van der Waals surface area contributed by atoms with Crippen molar-refractivity contribution in [2.45, 2.75) is 19.5 Å². The second-order valence-corrected chi connectivity index (χ2v) is 5.83. The molecule has 1 atom stereocenters. The van der Waals surface area contributed by atoms with Gasteiger partial charge in [-0.1, -0.05) is 46.3 Å². The van der Waals surface area contributed by atoms with Crippen LogP contribution in [0, 0.1) is 0 Å². The van der Waals surface area contributed by atoms with Crippen LogP contribution in [0.1, 0.15) is 24.2 Å². The van der Waals surface area contributed by atoms with Crippen LogP contribution < -0.4 is 5.32 Å². The summed E-state index contributed by atoms with van der Waals surface area (Å²) in [6.07, 6.45) is 1.84. The van der Waals surface area contributed by atoms with Gasteiger partial charge < -0.3 is 5.32 Å². The van der Waals surface area contributed by atoms with Crippen LogP contribution >= 0.6 is 15.9 Å². The van der Waals surface area contributed by atoms with Crippen LogP contribution in [0.4, 0.5) is 0 Å². The van der Waals surface area contributed by atoms with Crippen molar-refractivity contribution < 1.29 is 0 Å². The number of nitrogens with zero attached hydrogens (tertiary/aromatic N) is 2. The predicted octanol–water partition coefficient (Wildman–Crippen LogP) is 4.24. The lowest BCUT2D eigenvalue weighted by atomic mass is 10.1. The average Bonchev–Trinajstić information content (AvgIpc) is 2.53. The first kappa shape index (κ1) is 14.2. The maximum atomic E-state index is 4.63. The number of aromatic nitrogens is 2. The SMILES string of the molecule is CC(NCc1cnc2ccccc2n1)c1ccccc1Br. The molecule has 1 unspecified atom stereocenters. The highest BCUT2D eigenvalue weighted by molar-refractivity contribution is 9.10. The number of fused-ring (bicyclic) bond motifs is 1. The molecule has 2 aromatic carbocycles. The molecular weight excluding hydrogens is 326 g/mol. The normalized spacial score (nSPS) is 12.5. The minimum Gasteiger partial charge on any atom is -0.304 e. The van der Waals surface area contributed by atoms with Gasteiger partial charge in [-0.3, -0.25) is 4.98 Å². The second kappa shape index (κ2) is 6.33. The predicted molar refractivity (Wildman–Crippen MR) is 88.9 cm³/mol. The molecule has 3 rings (SSSR count). The zero-order chi connectivity index (χ0) is 14.7. The highest BCUT2D eigenvalue weighted by Gasteiger charge is 2.08. The molecule has 3 aromatic rings. The molecule has 0 aliphatic rings. The summed E-state index contributed by atoms with van der Waals surface area (Å²) in [6, 6.07) is 16.4. The monoisotopic (exact) mass is 341 g/mol. The molecule has 0 amide bonds. The van der Waals surface area contributed by atoms with Gasteiger partial charge in [-0.2, -0.15) is 0 Å². The smallest absolute Gasteiger partial charge is 0.0890 e. The summed E-state index contributed by atoms with van der Waals surface area (Å²) in [5.41, 5.74) is 4.06. The van der Waals surface area contributed by atoms with Crippen LogP contribution in [0.2, 0.25) is 0 Å². The van der Waals surface area contributed by atoms with Gasteiger partial charge in [0.2, 0.25) is 0 Å². The molecule has 1 heterocycles. The van der Waals surface area contributed by atoms with E-state index in [4.69, 9.17) is 0 Å². The highest BCUT2D eigenvalue weighted by Crippen LogP contribution is 2.22. The number of benzene rings is 2. The number of para-hydroxylation sites is 2. The van der Waals surface area contributed by atoms with Crippen molar-refractivity contribution >= 4 is 27.0 Å². The number of halogens is 1. The number of rotatable bonds is 4. The van der Waals surface area contributed by atoms with Crippen LogP contribution in [-0.4, -0.2) is 9.97 Å². The fraction of sp³-hybridized carbons (Fsp3) is 0.176. The highest BCUT2D eigenvalue weighted by atomic mass is 79.9. The Morgan fingerprint density at radius 3 is 2.57 bits per heavy atom. The summed E-state index contributed by atoms with van der Waals surface area (Å²) in [6.45, 7) is 2.84. The summed E-state index contributed by atoms with van der Waals surface area (Å²) in [4.78, 5) is 9.06. The van der Waals surface area contributed by atoms with Crippen molar-refractivity contribution in [1.82, 2.24) is 15.3 Å². The van der Waals surface area contributed by atoms with Crippen molar-refractivity contribution in [3.05, 3.63) is 70.5 Å². The molecule has 106 valence electrons. The number of hydrogen-bond acceptors (Lipinski definition) is 3. The first-order chi connectivity index (χ1) is 10.2. The van der Waals surface area contributed by atoms with E-state index in [9.17, 15) is 0 Å². The second-order valence-electron chi connectivity index (χ2n) is 4.97. The van der Waals surface area contributed by atoms with E-state index in [1.165, 1.54) is 5.56 Å². The van der Waals surface area contributed by atoms with Gasteiger partial charge in [0.1, 0.15) is 0 Å². The first-order valence-corrected chi connectivity index (χ1v) is 7.72. The summed E-state index contributed by atoms with van der Waals surface area (Å²) in [5.74, 6) is 0. The molecule has 0 saturated carbocycles. The van der Waals surface area contributed by atoms with Gasteiger partial charge in [-0.05, 0) is 30.7 Å². The molecule has 1 aromatic heterocycles. The van der Waals surface area contributed by atoms with Gasteiger partial charge in [0, 0.05) is 17.1 Å². The molecule has 3 nitrogen and oxygen atoms in total. The lowest BCUT2D eigenvalue weighted by Crippen LogP contribution is -2.19. The van der Waals surface area contributed by atoms with E-state index < -0.39 is 0 Å². The summed E-state index contributed by atoms with van der Waals surface area (Å²) < 4.78 is 1.12. The van der Waals surface area contributed by atoms with E-state index in [1.54, 1.807) is 0 Å². The van der Waals surface area contributed by atoms with Crippen molar-refractivity contribution in [3.8, 4) is 0 Å². The van der Waals surface area contributed by atoms with Gasteiger partial charge >= 0.3 is 0 Å². The maximum absolute atomic E-state index is 4.63. The Morgan fingerprint density at radius 2 is 1.76 bits per heavy atom. The molecular formula is C17H16BrN3. The Morgan fingerprint density at radius 1 is 1.05 bits per heavy atom. The molecule has 0 saturated heterocycles. The van der Waals surface area contributed by atoms with Crippen molar-refractivity contribution in [3.63, 3.8) is 0 Å². The Hall–Kier alpha value is -1.78. The Balaban J connectivity index is 1.73. The molecule has 1 N–H and O–H groups in total. The van der Waals surface area contributed by atoms with Crippen molar-refractivity contribution in [2.24, 2.45) is 0 Å². The summed E-state index contributed by atoms with van der Waals surface area (Å²) >= 11 is 3.59. The number of nitrogens with one attached hydrogen (secondary N) is 1. The third-order valence-corrected chi connectivity index (χ3v) is 4.18. The molecule has 21 heavy (non-hydrogen) atoms. The fourth-order valence-corrected chi connectivity index (χ4v) is 2.90. The minimum atomic E-state index is 0.244. The molecule has 0 radical (unpaired) electrons. The Bertz CT molecular complexity index is 758. The molecule has 4 heteroatoms. The zero-order valence-corrected chi connectivity index (χ0v) is 13.3. The zero-order valence-electron chi connectivity index (χ0n) is 11.8. The molecule has 0 bridgehead atoms.